The predicted molar refractivity (Wildman–Crippen MR) is 80.3 cm³/mol. The molecule has 2 aromatic rings. The Balaban J connectivity index is 2.30. The van der Waals surface area contributed by atoms with E-state index in [1.54, 1.807) is 12.1 Å². The van der Waals surface area contributed by atoms with Crippen LogP contribution in [0.4, 0.5) is 0 Å². The van der Waals surface area contributed by atoms with Gasteiger partial charge in [0.25, 0.3) is 0 Å². The van der Waals surface area contributed by atoms with Crippen LogP contribution in [-0.2, 0) is 0 Å². The Kier molecular flexibility index (Phi) is 4.12. The van der Waals surface area contributed by atoms with Crippen LogP contribution in [0.15, 0.2) is 40.3 Å². The Labute approximate surface area is 121 Å². The highest BCUT2D eigenvalue weighted by Crippen LogP contribution is 2.33. The molecule has 5 heteroatoms. The van der Waals surface area contributed by atoms with E-state index in [4.69, 9.17) is 22.7 Å². The number of pyridine rings is 1. The van der Waals surface area contributed by atoms with Gasteiger partial charge in [-0.05, 0) is 43.7 Å². The number of rotatable bonds is 3. The topological polar surface area (TPSA) is 62.8 Å². The minimum absolute atomic E-state index is 0.0166. The summed E-state index contributed by atoms with van der Waals surface area (Å²) in [5.74, 6) is 0.0166. The van der Waals surface area contributed by atoms with Crippen molar-refractivity contribution in [1.29, 1.82) is 5.41 Å². The van der Waals surface area contributed by atoms with Crippen LogP contribution in [0.5, 0.6) is 0 Å². The fourth-order valence-electron chi connectivity index (χ4n) is 1.72. The summed E-state index contributed by atoms with van der Waals surface area (Å²) in [6.45, 7) is 4.01. The summed E-state index contributed by atoms with van der Waals surface area (Å²) >= 11 is 7.71. The molecule has 1 heterocycles. The third-order valence-electron chi connectivity index (χ3n) is 2.53. The first kappa shape index (κ1) is 13.9. The molecule has 0 saturated heterocycles. The third-order valence-corrected chi connectivity index (χ3v) is 3.95. The summed E-state index contributed by atoms with van der Waals surface area (Å²) in [5.41, 5.74) is 8.22. The highest BCUT2D eigenvalue weighted by molar-refractivity contribution is 7.99. The fraction of sp³-hybridized carbons (Fsp3) is 0.143. The molecule has 0 aliphatic heterocycles. The van der Waals surface area contributed by atoms with Crippen molar-refractivity contribution < 1.29 is 0 Å². The lowest BCUT2D eigenvalue weighted by Gasteiger charge is -2.07. The van der Waals surface area contributed by atoms with Crippen molar-refractivity contribution in [2.75, 3.05) is 0 Å². The number of nitrogen functional groups attached to an aromatic ring is 1. The van der Waals surface area contributed by atoms with Crippen molar-refractivity contribution in [3.05, 3.63) is 52.2 Å². The molecule has 0 spiro atoms. The zero-order valence-corrected chi connectivity index (χ0v) is 12.3. The van der Waals surface area contributed by atoms with Gasteiger partial charge in [-0.2, -0.15) is 0 Å². The van der Waals surface area contributed by atoms with Crippen molar-refractivity contribution in [3.8, 4) is 0 Å². The number of hydrogen-bond acceptors (Lipinski definition) is 3. The Hall–Kier alpha value is -1.52. The molecule has 0 unspecified atom stereocenters. The van der Waals surface area contributed by atoms with Gasteiger partial charge in [0.1, 0.15) is 10.9 Å². The number of aromatic nitrogens is 1. The Morgan fingerprint density at radius 2 is 2.00 bits per heavy atom. The molecule has 19 heavy (non-hydrogen) atoms. The van der Waals surface area contributed by atoms with E-state index in [9.17, 15) is 0 Å². The molecule has 3 N–H and O–H groups in total. The summed E-state index contributed by atoms with van der Waals surface area (Å²) < 4.78 is 0. The quantitative estimate of drug-likeness (QED) is 0.668. The summed E-state index contributed by atoms with van der Waals surface area (Å²) in [4.78, 5) is 5.37. The van der Waals surface area contributed by atoms with Gasteiger partial charge in [0.05, 0.1) is 5.02 Å². The van der Waals surface area contributed by atoms with Crippen LogP contribution in [0, 0.1) is 19.3 Å². The molecule has 0 atom stereocenters. The zero-order valence-electron chi connectivity index (χ0n) is 10.7. The van der Waals surface area contributed by atoms with E-state index in [1.165, 1.54) is 17.3 Å². The van der Waals surface area contributed by atoms with E-state index < -0.39 is 0 Å². The van der Waals surface area contributed by atoms with Crippen LogP contribution in [0.2, 0.25) is 5.02 Å². The van der Waals surface area contributed by atoms with Crippen LogP contribution in [0.1, 0.15) is 16.8 Å². The van der Waals surface area contributed by atoms with Crippen molar-refractivity contribution >= 4 is 29.2 Å². The van der Waals surface area contributed by atoms with Gasteiger partial charge in [0.2, 0.25) is 0 Å². The molecule has 1 aromatic carbocycles. The highest BCUT2D eigenvalue weighted by Gasteiger charge is 2.07. The van der Waals surface area contributed by atoms with Crippen molar-refractivity contribution in [3.63, 3.8) is 0 Å². The highest BCUT2D eigenvalue weighted by atomic mass is 35.5. The first-order valence-corrected chi connectivity index (χ1v) is 6.92. The van der Waals surface area contributed by atoms with Crippen molar-refractivity contribution in [1.82, 2.24) is 4.98 Å². The van der Waals surface area contributed by atoms with Gasteiger partial charge in [-0.25, -0.2) is 4.98 Å². The molecule has 0 radical (unpaired) electrons. The van der Waals surface area contributed by atoms with Gasteiger partial charge in [0.15, 0.2) is 0 Å². The molecule has 1 aromatic heterocycles. The second kappa shape index (κ2) is 5.63. The second-order valence-corrected chi connectivity index (χ2v) is 5.75. The molecule has 0 aliphatic rings. The smallest absolute Gasteiger partial charge is 0.122 e. The number of benzene rings is 1. The molecule has 0 saturated carbocycles. The third kappa shape index (κ3) is 3.49. The Morgan fingerprint density at radius 3 is 2.58 bits per heavy atom. The van der Waals surface area contributed by atoms with E-state index in [0.717, 1.165) is 15.6 Å². The lowest BCUT2D eigenvalue weighted by Crippen LogP contribution is -2.10. The maximum atomic E-state index is 7.38. The number of hydrogen-bond donors (Lipinski definition) is 2. The summed E-state index contributed by atoms with van der Waals surface area (Å²) in [7, 11) is 0. The van der Waals surface area contributed by atoms with Gasteiger partial charge < -0.3 is 5.73 Å². The average Bonchev–Trinajstić information content (AvgIpc) is 2.30. The van der Waals surface area contributed by atoms with Gasteiger partial charge in [-0.1, -0.05) is 29.4 Å². The monoisotopic (exact) mass is 291 g/mol. The lowest BCUT2D eigenvalue weighted by atomic mass is 10.2. The van der Waals surface area contributed by atoms with Crippen LogP contribution in [-0.4, -0.2) is 10.8 Å². The van der Waals surface area contributed by atoms with Crippen molar-refractivity contribution in [2.24, 2.45) is 5.73 Å². The molecular formula is C14H14ClN3S. The maximum absolute atomic E-state index is 7.38. The SMILES string of the molecule is Cc1cc(C)nc(Sc2ccc(C(=N)N)cc2Cl)c1. The molecular weight excluding hydrogens is 278 g/mol. The fourth-order valence-corrected chi connectivity index (χ4v) is 2.97. The molecule has 2 rings (SSSR count). The van der Waals surface area contributed by atoms with Crippen LogP contribution >= 0.6 is 23.4 Å². The first-order chi connectivity index (χ1) is 8.95. The van der Waals surface area contributed by atoms with Crippen LogP contribution in [0.25, 0.3) is 0 Å². The molecule has 0 amide bonds. The number of halogens is 1. The molecule has 3 nitrogen and oxygen atoms in total. The number of aryl methyl sites for hydroxylation is 2. The summed E-state index contributed by atoms with van der Waals surface area (Å²) in [5, 5.41) is 8.87. The number of nitrogens with one attached hydrogen (secondary N) is 1. The van der Waals surface area contributed by atoms with Gasteiger partial charge >= 0.3 is 0 Å². The zero-order chi connectivity index (χ0) is 14.0. The second-order valence-electron chi connectivity index (χ2n) is 4.29. The standard InChI is InChI=1S/C14H14ClN3S/c1-8-5-9(2)18-13(6-8)19-12-4-3-10(14(16)17)7-11(12)15/h3-7H,1-2H3,(H3,16,17). The number of nitrogens with two attached hydrogens (primary N) is 1. The van der Waals surface area contributed by atoms with E-state index in [2.05, 4.69) is 4.98 Å². The first-order valence-electron chi connectivity index (χ1n) is 5.73. The molecule has 0 fully saturated rings. The molecule has 0 aliphatic carbocycles. The van der Waals surface area contributed by atoms with Gasteiger partial charge in [0, 0.05) is 16.2 Å². The Morgan fingerprint density at radius 1 is 1.26 bits per heavy atom. The maximum Gasteiger partial charge on any atom is 0.122 e. The largest absolute Gasteiger partial charge is 0.384 e. The van der Waals surface area contributed by atoms with E-state index in [-0.39, 0.29) is 5.84 Å². The molecule has 0 bridgehead atoms. The molecule has 98 valence electrons. The van der Waals surface area contributed by atoms with Gasteiger partial charge in [-0.3, -0.25) is 5.41 Å². The van der Waals surface area contributed by atoms with Crippen LogP contribution < -0.4 is 5.73 Å². The minimum atomic E-state index is 0.0166. The normalized spacial score (nSPS) is 10.5. The van der Waals surface area contributed by atoms with E-state index >= 15 is 0 Å². The van der Waals surface area contributed by atoms with Gasteiger partial charge in [-0.15, -0.1) is 0 Å². The van der Waals surface area contributed by atoms with Crippen molar-refractivity contribution in [2.45, 2.75) is 23.8 Å². The number of amidine groups is 1. The Bertz CT molecular complexity index is 620. The summed E-state index contributed by atoms with van der Waals surface area (Å²) in [6, 6.07) is 9.41. The average molecular weight is 292 g/mol. The summed E-state index contributed by atoms with van der Waals surface area (Å²) in [6.07, 6.45) is 0. The van der Waals surface area contributed by atoms with Crippen LogP contribution in [0.3, 0.4) is 0 Å². The minimum Gasteiger partial charge on any atom is -0.384 e. The van der Waals surface area contributed by atoms with E-state index in [0.29, 0.717) is 10.6 Å². The predicted octanol–water partition coefficient (Wildman–Crippen LogP) is 3.79. The van der Waals surface area contributed by atoms with E-state index in [1.807, 2.05) is 32.0 Å². The lowest BCUT2D eigenvalue weighted by molar-refractivity contribution is 1.05. The number of nitrogens with zero attached hydrogens (tertiary/aromatic N) is 1.